The van der Waals surface area contributed by atoms with Gasteiger partial charge in [0.1, 0.15) is 17.2 Å². The molecule has 122 valence electrons. The van der Waals surface area contributed by atoms with E-state index < -0.39 is 11.6 Å². The molecule has 1 unspecified atom stereocenters. The summed E-state index contributed by atoms with van der Waals surface area (Å²) < 4.78 is 11.2. The Hall–Kier alpha value is -1.91. The number of ether oxygens (including phenoxy) is 2. The van der Waals surface area contributed by atoms with Crippen LogP contribution >= 0.6 is 23.2 Å². The minimum absolute atomic E-state index is 0.348. The minimum atomic E-state index is -1.26. The number of hydrogen-bond acceptors (Lipinski definition) is 3. The summed E-state index contributed by atoms with van der Waals surface area (Å²) in [6.45, 7) is 3.29. The van der Waals surface area contributed by atoms with Gasteiger partial charge in [-0.25, -0.2) is 4.79 Å². The number of carbonyl (C=O) groups is 1. The molecule has 0 heterocycles. The van der Waals surface area contributed by atoms with Crippen LogP contribution in [0.2, 0.25) is 10.0 Å². The lowest BCUT2D eigenvalue weighted by Crippen LogP contribution is -2.40. The summed E-state index contributed by atoms with van der Waals surface area (Å²) in [5.41, 5.74) is -1.26. The fraction of sp³-hybridized carbons (Fsp3) is 0.235. The highest BCUT2D eigenvalue weighted by Crippen LogP contribution is 2.32. The average molecular weight is 355 g/mol. The van der Waals surface area contributed by atoms with E-state index in [0.29, 0.717) is 33.7 Å². The van der Waals surface area contributed by atoms with Gasteiger partial charge in [0.2, 0.25) is 5.60 Å². The molecule has 0 saturated carbocycles. The van der Waals surface area contributed by atoms with Crippen LogP contribution in [0.3, 0.4) is 0 Å². The van der Waals surface area contributed by atoms with Crippen LogP contribution in [-0.4, -0.2) is 16.7 Å². The van der Waals surface area contributed by atoms with Gasteiger partial charge in [-0.2, -0.15) is 0 Å². The normalized spacial score (nSPS) is 13.2. The van der Waals surface area contributed by atoms with Gasteiger partial charge in [0, 0.05) is 5.02 Å². The van der Waals surface area contributed by atoms with Gasteiger partial charge in [-0.3, -0.25) is 0 Å². The SMILES string of the molecule is CCC(C)(Oc1ccc(Oc2ccc(Cl)cc2Cl)cc1)C(=O)O. The van der Waals surface area contributed by atoms with Crippen molar-refractivity contribution in [3.8, 4) is 17.2 Å². The summed E-state index contributed by atoms with van der Waals surface area (Å²) in [7, 11) is 0. The molecule has 0 bridgehead atoms. The molecule has 2 rings (SSSR count). The second-order valence-electron chi connectivity index (χ2n) is 5.14. The largest absolute Gasteiger partial charge is 0.478 e. The molecule has 0 saturated heterocycles. The number of aliphatic carboxylic acids is 1. The summed E-state index contributed by atoms with van der Waals surface area (Å²) in [6, 6.07) is 11.6. The maximum absolute atomic E-state index is 11.3. The Morgan fingerprint density at radius 1 is 1.13 bits per heavy atom. The summed E-state index contributed by atoms with van der Waals surface area (Å²) in [4.78, 5) is 11.3. The molecule has 0 fully saturated rings. The first kappa shape index (κ1) is 17.4. The van der Waals surface area contributed by atoms with E-state index in [1.807, 2.05) is 0 Å². The molecule has 0 spiro atoms. The lowest BCUT2D eigenvalue weighted by Gasteiger charge is -2.24. The van der Waals surface area contributed by atoms with Gasteiger partial charge >= 0.3 is 5.97 Å². The van der Waals surface area contributed by atoms with Crippen LogP contribution in [0.5, 0.6) is 17.2 Å². The maximum Gasteiger partial charge on any atom is 0.347 e. The smallest absolute Gasteiger partial charge is 0.347 e. The molecule has 2 aromatic carbocycles. The second kappa shape index (κ2) is 7.11. The zero-order chi connectivity index (χ0) is 17.0. The zero-order valence-corrected chi connectivity index (χ0v) is 14.2. The molecule has 0 amide bonds. The van der Waals surface area contributed by atoms with Gasteiger partial charge < -0.3 is 14.6 Å². The monoisotopic (exact) mass is 354 g/mol. The predicted molar refractivity (Wildman–Crippen MR) is 89.9 cm³/mol. The molecule has 6 heteroatoms. The van der Waals surface area contributed by atoms with Crippen molar-refractivity contribution in [3.05, 3.63) is 52.5 Å². The van der Waals surface area contributed by atoms with E-state index in [0.717, 1.165) is 0 Å². The molecule has 1 N–H and O–H groups in total. The number of carboxylic acids is 1. The van der Waals surface area contributed by atoms with E-state index in [4.69, 9.17) is 32.7 Å². The van der Waals surface area contributed by atoms with Gasteiger partial charge in [-0.1, -0.05) is 30.1 Å². The third-order valence-electron chi connectivity index (χ3n) is 3.42. The van der Waals surface area contributed by atoms with Crippen molar-refractivity contribution in [2.75, 3.05) is 0 Å². The minimum Gasteiger partial charge on any atom is -0.478 e. The number of carboxylic acid groups (broad SMARTS) is 1. The Morgan fingerprint density at radius 2 is 1.74 bits per heavy atom. The summed E-state index contributed by atoms with van der Waals surface area (Å²) in [5.74, 6) is 0.475. The fourth-order valence-electron chi connectivity index (χ4n) is 1.79. The van der Waals surface area contributed by atoms with Crippen molar-refractivity contribution in [3.63, 3.8) is 0 Å². The summed E-state index contributed by atoms with van der Waals surface area (Å²) >= 11 is 11.9. The highest BCUT2D eigenvalue weighted by Gasteiger charge is 2.33. The van der Waals surface area contributed by atoms with Crippen molar-refractivity contribution >= 4 is 29.2 Å². The van der Waals surface area contributed by atoms with E-state index in [2.05, 4.69) is 0 Å². The molecular formula is C17H16Cl2O4. The molecule has 0 aliphatic carbocycles. The van der Waals surface area contributed by atoms with E-state index in [1.165, 1.54) is 6.92 Å². The van der Waals surface area contributed by atoms with Crippen molar-refractivity contribution in [1.82, 2.24) is 0 Å². The third-order valence-corrected chi connectivity index (χ3v) is 3.95. The Bertz CT molecular complexity index is 700. The van der Waals surface area contributed by atoms with Crippen molar-refractivity contribution in [1.29, 1.82) is 0 Å². The van der Waals surface area contributed by atoms with Gasteiger partial charge in [0.15, 0.2) is 0 Å². The first-order valence-electron chi connectivity index (χ1n) is 6.99. The van der Waals surface area contributed by atoms with Gasteiger partial charge in [-0.15, -0.1) is 0 Å². The quantitative estimate of drug-likeness (QED) is 0.752. The van der Waals surface area contributed by atoms with Crippen LogP contribution in [0.15, 0.2) is 42.5 Å². The topological polar surface area (TPSA) is 55.8 Å². The van der Waals surface area contributed by atoms with Crippen LogP contribution < -0.4 is 9.47 Å². The van der Waals surface area contributed by atoms with Crippen LogP contribution in [-0.2, 0) is 4.79 Å². The Kier molecular flexibility index (Phi) is 5.39. The van der Waals surface area contributed by atoms with Gasteiger partial charge in [-0.05, 0) is 55.8 Å². The van der Waals surface area contributed by atoms with E-state index in [-0.39, 0.29) is 0 Å². The van der Waals surface area contributed by atoms with Gasteiger partial charge in [0.05, 0.1) is 5.02 Å². The lowest BCUT2D eigenvalue weighted by atomic mass is 10.0. The highest BCUT2D eigenvalue weighted by molar-refractivity contribution is 6.35. The number of rotatable bonds is 6. The molecule has 4 nitrogen and oxygen atoms in total. The Labute approximate surface area is 144 Å². The summed E-state index contributed by atoms with van der Waals surface area (Å²) in [5, 5.41) is 10.2. The van der Waals surface area contributed by atoms with Crippen LogP contribution in [0, 0.1) is 0 Å². The van der Waals surface area contributed by atoms with E-state index in [9.17, 15) is 9.90 Å². The zero-order valence-electron chi connectivity index (χ0n) is 12.7. The first-order valence-corrected chi connectivity index (χ1v) is 7.75. The second-order valence-corrected chi connectivity index (χ2v) is 5.98. The number of hydrogen-bond donors (Lipinski definition) is 1. The molecule has 1 atom stereocenters. The molecule has 23 heavy (non-hydrogen) atoms. The summed E-state index contributed by atoms with van der Waals surface area (Å²) in [6.07, 6.45) is 0.348. The molecule has 0 aromatic heterocycles. The van der Waals surface area contributed by atoms with Crippen molar-refractivity contribution in [2.45, 2.75) is 25.9 Å². The van der Waals surface area contributed by atoms with E-state index >= 15 is 0 Å². The highest BCUT2D eigenvalue weighted by atomic mass is 35.5. The van der Waals surface area contributed by atoms with Crippen LogP contribution in [0.1, 0.15) is 20.3 Å². The lowest BCUT2D eigenvalue weighted by molar-refractivity contribution is -0.154. The number of benzene rings is 2. The number of halogens is 2. The van der Waals surface area contributed by atoms with E-state index in [1.54, 1.807) is 49.4 Å². The average Bonchev–Trinajstić information content (AvgIpc) is 2.51. The van der Waals surface area contributed by atoms with Crippen molar-refractivity contribution in [2.24, 2.45) is 0 Å². The van der Waals surface area contributed by atoms with Crippen molar-refractivity contribution < 1.29 is 19.4 Å². The maximum atomic E-state index is 11.3. The molecule has 2 aromatic rings. The van der Waals surface area contributed by atoms with Gasteiger partial charge in [0.25, 0.3) is 0 Å². The predicted octanol–water partition coefficient (Wildman–Crippen LogP) is 5.42. The first-order chi connectivity index (χ1) is 10.8. The fourth-order valence-corrected chi connectivity index (χ4v) is 2.23. The Balaban J connectivity index is 2.12. The standard InChI is InChI=1S/C17H16Cl2O4/c1-3-17(2,16(20)21)23-13-7-5-12(6-8-13)22-15-9-4-11(18)10-14(15)19/h4-10H,3H2,1-2H3,(H,20,21). The molecular weight excluding hydrogens is 339 g/mol. The van der Waals surface area contributed by atoms with Crippen LogP contribution in [0.25, 0.3) is 0 Å². The molecule has 0 aliphatic rings. The Morgan fingerprint density at radius 3 is 2.26 bits per heavy atom. The molecule has 0 aliphatic heterocycles. The molecule has 0 radical (unpaired) electrons. The van der Waals surface area contributed by atoms with Crippen LogP contribution in [0.4, 0.5) is 0 Å². The third kappa shape index (κ3) is 4.30.